The molecule has 2 aliphatic rings. The van der Waals surface area contributed by atoms with Crippen LogP contribution in [0.3, 0.4) is 0 Å². The molecule has 1 atom stereocenters. The van der Waals surface area contributed by atoms with Crippen LogP contribution < -0.4 is 4.90 Å². The van der Waals surface area contributed by atoms with Crippen molar-refractivity contribution < 1.29 is 4.79 Å². The van der Waals surface area contributed by atoms with Crippen LogP contribution >= 0.6 is 11.3 Å². The van der Waals surface area contributed by atoms with Gasteiger partial charge in [-0.15, -0.1) is 10.2 Å². The highest BCUT2D eigenvalue weighted by Crippen LogP contribution is 2.29. The lowest BCUT2D eigenvalue weighted by Crippen LogP contribution is -2.46. The average Bonchev–Trinajstić information content (AvgIpc) is 3.33. The van der Waals surface area contributed by atoms with Gasteiger partial charge in [-0.25, -0.2) is 0 Å². The monoisotopic (exact) mass is 345 g/mol. The molecule has 2 saturated heterocycles. The van der Waals surface area contributed by atoms with E-state index in [-0.39, 0.29) is 5.92 Å². The molecule has 0 radical (unpaired) electrons. The molecule has 7 heteroatoms. The molecule has 128 valence electrons. The minimum Gasteiger partial charge on any atom is -0.346 e. The summed E-state index contributed by atoms with van der Waals surface area (Å²) in [5.41, 5.74) is 0. The Balaban J connectivity index is 1.44. The van der Waals surface area contributed by atoms with Crippen LogP contribution in [0, 0.1) is 5.92 Å². The van der Waals surface area contributed by atoms with Gasteiger partial charge in [0.15, 0.2) is 0 Å². The fourth-order valence-corrected chi connectivity index (χ4v) is 4.48. The highest BCUT2D eigenvalue weighted by molar-refractivity contribution is 7.17. The average molecular weight is 345 g/mol. The van der Waals surface area contributed by atoms with Crippen molar-refractivity contribution in [1.82, 2.24) is 19.7 Å². The Kier molecular flexibility index (Phi) is 4.51. The van der Waals surface area contributed by atoms with Gasteiger partial charge in [-0.05, 0) is 44.2 Å². The van der Waals surface area contributed by atoms with Crippen LogP contribution in [0.4, 0.5) is 5.13 Å². The molecular weight excluding hydrogens is 322 g/mol. The number of amides is 1. The number of carbonyl (C=O) groups is 1. The smallest absolute Gasteiger partial charge is 0.227 e. The molecule has 2 aromatic heterocycles. The first-order valence-electron chi connectivity index (χ1n) is 8.82. The van der Waals surface area contributed by atoms with Crippen LogP contribution in [-0.2, 0) is 4.79 Å². The van der Waals surface area contributed by atoms with Crippen molar-refractivity contribution in [3.63, 3.8) is 0 Å². The largest absolute Gasteiger partial charge is 0.346 e. The van der Waals surface area contributed by atoms with Crippen LogP contribution in [-0.4, -0.2) is 51.8 Å². The van der Waals surface area contributed by atoms with Crippen LogP contribution in [0.25, 0.3) is 5.13 Å². The van der Waals surface area contributed by atoms with Crippen LogP contribution in [0.5, 0.6) is 0 Å². The molecule has 2 fully saturated rings. The molecule has 0 spiro atoms. The molecule has 0 aliphatic carbocycles. The first-order valence-corrected chi connectivity index (χ1v) is 9.63. The third-order valence-electron chi connectivity index (χ3n) is 4.94. The summed E-state index contributed by atoms with van der Waals surface area (Å²) >= 11 is 1.59. The Bertz CT molecular complexity index is 677. The first kappa shape index (κ1) is 15.6. The highest BCUT2D eigenvalue weighted by atomic mass is 32.1. The summed E-state index contributed by atoms with van der Waals surface area (Å²) in [7, 11) is 0. The molecular formula is C17H23N5OS. The number of hydrogen-bond acceptors (Lipinski definition) is 5. The van der Waals surface area contributed by atoms with Crippen molar-refractivity contribution in [2.75, 3.05) is 31.1 Å². The summed E-state index contributed by atoms with van der Waals surface area (Å²) in [5, 5.41) is 10.4. The van der Waals surface area contributed by atoms with E-state index in [1.807, 2.05) is 29.1 Å². The number of carbonyl (C=O) groups excluding carboxylic acids is 1. The Morgan fingerprint density at radius 3 is 2.54 bits per heavy atom. The minimum atomic E-state index is 0.107. The zero-order valence-electron chi connectivity index (χ0n) is 13.8. The van der Waals surface area contributed by atoms with E-state index in [4.69, 9.17) is 0 Å². The van der Waals surface area contributed by atoms with E-state index in [2.05, 4.69) is 20.0 Å². The molecule has 1 amide bonds. The topological polar surface area (TPSA) is 54.3 Å². The second-order valence-electron chi connectivity index (χ2n) is 6.63. The number of piperidine rings is 2. The van der Waals surface area contributed by atoms with Crippen molar-refractivity contribution in [3.8, 4) is 5.13 Å². The Labute approximate surface area is 146 Å². The van der Waals surface area contributed by atoms with Gasteiger partial charge in [0.2, 0.25) is 16.2 Å². The van der Waals surface area contributed by atoms with Crippen molar-refractivity contribution in [1.29, 1.82) is 0 Å². The summed E-state index contributed by atoms with van der Waals surface area (Å²) in [6.07, 6.45) is 9.55. The molecule has 0 aromatic carbocycles. The maximum Gasteiger partial charge on any atom is 0.227 e. The summed E-state index contributed by atoms with van der Waals surface area (Å²) in [6.45, 7) is 3.61. The second-order valence-corrected chi connectivity index (χ2v) is 7.56. The molecule has 0 unspecified atom stereocenters. The van der Waals surface area contributed by atoms with E-state index < -0.39 is 0 Å². The second kappa shape index (κ2) is 6.93. The van der Waals surface area contributed by atoms with Gasteiger partial charge in [0.25, 0.3) is 0 Å². The van der Waals surface area contributed by atoms with Gasteiger partial charge in [0.05, 0.1) is 5.92 Å². The van der Waals surface area contributed by atoms with Crippen molar-refractivity contribution in [2.45, 2.75) is 32.1 Å². The van der Waals surface area contributed by atoms with E-state index in [1.54, 1.807) is 11.3 Å². The Morgan fingerprint density at radius 1 is 1.00 bits per heavy atom. The number of nitrogens with zero attached hydrogens (tertiary/aromatic N) is 5. The van der Waals surface area contributed by atoms with Gasteiger partial charge in [0, 0.05) is 38.6 Å². The van der Waals surface area contributed by atoms with Gasteiger partial charge in [-0.1, -0.05) is 11.3 Å². The fraction of sp³-hybridized carbons (Fsp3) is 0.588. The summed E-state index contributed by atoms with van der Waals surface area (Å²) in [5.74, 6) is 0.449. The van der Waals surface area contributed by atoms with Gasteiger partial charge in [-0.3, -0.25) is 9.36 Å². The molecule has 24 heavy (non-hydrogen) atoms. The lowest BCUT2D eigenvalue weighted by molar-refractivity contribution is -0.136. The number of anilines is 1. The number of rotatable bonds is 3. The van der Waals surface area contributed by atoms with E-state index in [0.717, 1.165) is 62.1 Å². The predicted molar refractivity (Wildman–Crippen MR) is 94.6 cm³/mol. The standard InChI is InChI=1S/C17H23N5OS/c23-15(20-8-2-1-3-9-20)14-7-6-12-22(13-14)17-19-18-16(24-17)21-10-4-5-11-21/h4-5,10-11,14H,1-3,6-9,12-13H2/t14-/m1/s1. The van der Waals surface area contributed by atoms with E-state index in [0.29, 0.717) is 5.91 Å². The van der Waals surface area contributed by atoms with Crippen LogP contribution in [0.15, 0.2) is 24.5 Å². The van der Waals surface area contributed by atoms with Gasteiger partial charge >= 0.3 is 0 Å². The minimum absolute atomic E-state index is 0.107. The molecule has 4 rings (SSSR count). The lowest BCUT2D eigenvalue weighted by atomic mass is 9.96. The van der Waals surface area contributed by atoms with Gasteiger partial charge in [-0.2, -0.15) is 0 Å². The van der Waals surface area contributed by atoms with E-state index >= 15 is 0 Å². The molecule has 0 bridgehead atoms. The lowest BCUT2D eigenvalue weighted by Gasteiger charge is -2.36. The quantitative estimate of drug-likeness (QED) is 0.858. The molecule has 4 heterocycles. The van der Waals surface area contributed by atoms with Crippen molar-refractivity contribution >= 4 is 22.4 Å². The maximum atomic E-state index is 12.8. The third-order valence-corrected chi connectivity index (χ3v) is 5.94. The number of hydrogen-bond donors (Lipinski definition) is 0. The number of aromatic nitrogens is 3. The highest BCUT2D eigenvalue weighted by Gasteiger charge is 2.31. The summed E-state index contributed by atoms with van der Waals surface area (Å²) < 4.78 is 1.97. The van der Waals surface area contributed by atoms with Crippen molar-refractivity contribution in [3.05, 3.63) is 24.5 Å². The molecule has 0 N–H and O–H groups in total. The number of likely N-dealkylation sites (tertiary alicyclic amines) is 1. The summed E-state index contributed by atoms with van der Waals surface area (Å²) in [6, 6.07) is 3.96. The maximum absolute atomic E-state index is 12.8. The predicted octanol–water partition coefficient (Wildman–Crippen LogP) is 2.56. The van der Waals surface area contributed by atoms with Crippen molar-refractivity contribution in [2.24, 2.45) is 5.92 Å². The first-order chi connectivity index (χ1) is 11.8. The van der Waals surface area contributed by atoms with Gasteiger partial charge < -0.3 is 9.80 Å². The van der Waals surface area contributed by atoms with Gasteiger partial charge in [0.1, 0.15) is 0 Å². The zero-order valence-corrected chi connectivity index (χ0v) is 14.6. The Morgan fingerprint density at radius 2 is 1.75 bits per heavy atom. The SMILES string of the molecule is O=C([C@@H]1CCCN(c2nnc(-n3cccc3)s2)C1)N1CCCCC1. The summed E-state index contributed by atoms with van der Waals surface area (Å²) in [4.78, 5) is 17.1. The zero-order chi connectivity index (χ0) is 16.4. The van der Waals surface area contributed by atoms with E-state index in [9.17, 15) is 4.79 Å². The third kappa shape index (κ3) is 3.17. The molecule has 6 nitrogen and oxygen atoms in total. The van der Waals surface area contributed by atoms with Crippen LogP contribution in [0.1, 0.15) is 32.1 Å². The van der Waals surface area contributed by atoms with Crippen LogP contribution in [0.2, 0.25) is 0 Å². The fourth-order valence-electron chi connectivity index (χ4n) is 3.63. The van der Waals surface area contributed by atoms with E-state index in [1.165, 1.54) is 6.42 Å². The molecule has 2 aromatic rings. The normalized spacial score (nSPS) is 21.9. The Hall–Kier alpha value is -1.89. The molecule has 2 aliphatic heterocycles. The molecule has 0 saturated carbocycles.